The lowest BCUT2D eigenvalue weighted by Gasteiger charge is -2.13. The predicted molar refractivity (Wildman–Crippen MR) is 81.1 cm³/mol. The fraction of sp³-hybridized carbons (Fsp3) is 0.294. The van der Waals surface area contributed by atoms with Crippen molar-refractivity contribution < 1.29 is 19.3 Å². The van der Waals surface area contributed by atoms with E-state index in [0.717, 1.165) is 17.1 Å². The molecule has 4 nitrogen and oxygen atoms in total. The van der Waals surface area contributed by atoms with Crippen molar-refractivity contribution in [2.24, 2.45) is 0 Å². The van der Waals surface area contributed by atoms with Crippen molar-refractivity contribution in [2.75, 3.05) is 20.3 Å². The molecule has 1 atom stereocenters. The third-order valence-electron chi connectivity index (χ3n) is 3.04. The van der Waals surface area contributed by atoms with E-state index in [2.05, 4.69) is 0 Å². The Bertz CT molecular complexity index is 534. The van der Waals surface area contributed by atoms with Gasteiger partial charge in [-0.1, -0.05) is 12.1 Å². The number of hydrogen-bond donors (Lipinski definition) is 1. The highest BCUT2D eigenvalue weighted by Crippen LogP contribution is 2.21. The quantitative estimate of drug-likeness (QED) is 0.850. The van der Waals surface area contributed by atoms with E-state index in [1.807, 2.05) is 55.5 Å². The maximum absolute atomic E-state index is 10.1. The molecule has 2 rings (SSSR count). The topological polar surface area (TPSA) is 47.9 Å². The highest BCUT2D eigenvalue weighted by Gasteiger charge is 2.08. The molecule has 0 amide bonds. The summed E-state index contributed by atoms with van der Waals surface area (Å²) < 4.78 is 16.0. The Kier molecular flexibility index (Phi) is 5.46. The summed E-state index contributed by atoms with van der Waals surface area (Å²) in [5, 5.41) is 10.1. The third kappa shape index (κ3) is 4.39. The Labute approximate surface area is 124 Å². The van der Waals surface area contributed by atoms with Gasteiger partial charge in [0.1, 0.15) is 30.0 Å². The molecule has 2 aromatic rings. The van der Waals surface area contributed by atoms with Crippen LogP contribution in [-0.4, -0.2) is 25.4 Å². The van der Waals surface area contributed by atoms with Gasteiger partial charge in [-0.05, 0) is 48.9 Å². The average Bonchev–Trinajstić information content (AvgIpc) is 2.54. The Morgan fingerprint density at radius 1 is 0.857 bits per heavy atom. The second-order valence-electron chi connectivity index (χ2n) is 4.50. The fourth-order valence-electron chi connectivity index (χ4n) is 1.90. The standard InChI is InChI=1S/C17H20O4/c1-3-20-15-6-4-13(5-7-15)17(18)12-21-16-10-8-14(19-2)9-11-16/h4-11,17-18H,3,12H2,1-2H3. The number of hydrogen-bond acceptors (Lipinski definition) is 4. The van der Waals surface area contributed by atoms with Gasteiger partial charge in [-0.15, -0.1) is 0 Å². The molecule has 4 heteroatoms. The zero-order valence-electron chi connectivity index (χ0n) is 12.3. The van der Waals surface area contributed by atoms with Crippen LogP contribution in [0.5, 0.6) is 17.2 Å². The number of methoxy groups -OCH3 is 1. The molecule has 1 N–H and O–H groups in total. The summed E-state index contributed by atoms with van der Waals surface area (Å²) in [5.41, 5.74) is 0.798. The molecule has 0 aliphatic carbocycles. The summed E-state index contributed by atoms with van der Waals surface area (Å²) in [6.45, 7) is 2.76. The maximum atomic E-state index is 10.1. The summed E-state index contributed by atoms with van der Waals surface area (Å²) >= 11 is 0. The number of aliphatic hydroxyl groups is 1. The van der Waals surface area contributed by atoms with Crippen LogP contribution >= 0.6 is 0 Å². The molecule has 112 valence electrons. The summed E-state index contributed by atoms with van der Waals surface area (Å²) in [6, 6.07) is 14.6. The summed E-state index contributed by atoms with van der Waals surface area (Å²) in [6.07, 6.45) is -0.678. The van der Waals surface area contributed by atoms with Crippen LogP contribution in [0.4, 0.5) is 0 Å². The monoisotopic (exact) mass is 288 g/mol. The van der Waals surface area contributed by atoms with E-state index in [9.17, 15) is 5.11 Å². The van der Waals surface area contributed by atoms with Gasteiger partial charge in [0, 0.05) is 0 Å². The van der Waals surface area contributed by atoms with E-state index < -0.39 is 6.10 Å². The molecular formula is C17H20O4. The number of benzene rings is 2. The summed E-state index contributed by atoms with van der Waals surface area (Å²) in [5.74, 6) is 2.26. The summed E-state index contributed by atoms with van der Waals surface area (Å²) in [7, 11) is 1.62. The van der Waals surface area contributed by atoms with Crippen LogP contribution in [0.15, 0.2) is 48.5 Å². The van der Waals surface area contributed by atoms with Gasteiger partial charge in [0.15, 0.2) is 0 Å². The van der Waals surface area contributed by atoms with Crippen molar-refractivity contribution >= 4 is 0 Å². The van der Waals surface area contributed by atoms with Gasteiger partial charge in [-0.3, -0.25) is 0 Å². The molecule has 0 heterocycles. The number of rotatable bonds is 7. The Morgan fingerprint density at radius 3 is 1.95 bits per heavy atom. The molecule has 0 aliphatic rings. The predicted octanol–water partition coefficient (Wildman–Crippen LogP) is 3.21. The number of ether oxygens (including phenoxy) is 3. The number of aliphatic hydroxyl groups excluding tert-OH is 1. The molecule has 2 aromatic carbocycles. The Hall–Kier alpha value is -2.20. The minimum atomic E-state index is -0.678. The van der Waals surface area contributed by atoms with Crippen LogP contribution in [0.1, 0.15) is 18.6 Å². The van der Waals surface area contributed by atoms with Crippen molar-refractivity contribution in [1.82, 2.24) is 0 Å². The van der Waals surface area contributed by atoms with Gasteiger partial charge in [-0.25, -0.2) is 0 Å². The second kappa shape index (κ2) is 7.55. The minimum Gasteiger partial charge on any atom is -0.497 e. The van der Waals surface area contributed by atoms with Crippen molar-refractivity contribution in [1.29, 1.82) is 0 Å². The van der Waals surface area contributed by atoms with Crippen LogP contribution in [0.25, 0.3) is 0 Å². The highest BCUT2D eigenvalue weighted by atomic mass is 16.5. The molecule has 21 heavy (non-hydrogen) atoms. The van der Waals surface area contributed by atoms with Crippen molar-refractivity contribution in [3.63, 3.8) is 0 Å². The van der Waals surface area contributed by atoms with Gasteiger partial charge >= 0.3 is 0 Å². The molecule has 0 saturated heterocycles. The van der Waals surface area contributed by atoms with Crippen molar-refractivity contribution in [3.05, 3.63) is 54.1 Å². The van der Waals surface area contributed by atoms with Crippen molar-refractivity contribution in [2.45, 2.75) is 13.0 Å². The van der Waals surface area contributed by atoms with Crippen LogP contribution in [0.3, 0.4) is 0 Å². The molecule has 0 spiro atoms. The Balaban J connectivity index is 1.89. The van der Waals surface area contributed by atoms with Crippen LogP contribution in [0.2, 0.25) is 0 Å². The van der Waals surface area contributed by atoms with Crippen LogP contribution in [-0.2, 0) is 0 Å². The SMILES string of the molecule is CCOc1ccc(C(O)COc2ccc(OC)cc2)cc1. The zero-order valence-corrected chi connectivity index (χ0v) is 12.3. The molecule has 1 unspecified atom stereocenters. The second-order valence-corrected chi connectivity index (χ2v) is 4.50. The van der Waals surface area contributed by atoms with Gasteiger partial charge in [0.2, 0.25) is 0 Å². The molecule has 0 aliphatic heterocycles. The van der Waals surface area contributed by atoms with E-state index >= 15 is 0 Å². The zero-order chi connectivity index (χ0) is 15.1. The smallest absolute Gasteiger partial charge is 0.119 e. The molecule has 0 fully saturated rings. The first-order valence-corrected chi connectivity index (χ1v) is 6.90. The first-order valence-electron chi connectivity index (χ1n) is 6.90. The maximum Gasteiger partial charge on any atom is 0.119 e. The van der Waals surface area contributed by atoms with Gasteiger partial charge in [0.05, 0.1) is 13.7 Å². The van der Waals surface area contributed by atoms with E-state index in [1.54, 1.807) is 7.11 Å². The van der Waals surface area contributed by atoms with Gasteiger partial charge in [-0.2, -0.15) is 0 Å². The van der Waals surface area contributed by atoms with Crippen molar-refractivity contribution in [3.8, 4) is 17.2 Å². The fourth-order valence-corrected chi connectivity index (χ4v) is 1.90. The normalized spacial score (nSPS) is 11.8. The van der Waals surface area contributed by atoms with Gasteiger partial charge < -0.3 is 19.3 Å². The third-order valence-corrected chi connectivity index (χ3v) is 3.04. The first kappa shape index (κ1) is 15.2. The molecular weight excluding hydrogens is 268 g/mol. The minimum absolute atomic E-state index is 0.195. The van der Waals surface area contributed by atoms with Gasteiger partial charge in [0.25, 0.3) is 0 Å². The molecule has 0 bridgehead atoms. The average molecular weight is 288 g/mol. The lowest BCUT2D eigenvalue weighted by atomic mass is 10.1. The largest absolute Gasteiger partial charge is 0.497 e. The Morgan fingerprint density at radius 2 is 1.38 bits per heavy atom. The highest BCUT2D eigenvalue weighted by molar-refractivity contribution is 5.32. The first-order chi connectivity index (χ1) is 10.2. The van der Waals surface area contributed by atoms with Crippen LogP contribution in [0, 0.1) is 0 Å². The molecule has 0 saturated carbocycles. The van der Waals surface area contributed by atoms with E-state index in [1.165, 1.54) is 0 Å². The lowest BCUT2D eigenvalue weighted by molar-refractivity contribution is 0.108. The molecule has 0 radical (unpaired) electrons. The van der Waals surface area contributed by atoms with E-state index in [-0.39, 0.29) is 6.61 Å². The lowest BCUT2D eigenvalue weighted by Crippen LogP contribution is -2.09. The van der Waals surface area contributed by atoms with Crippen LogP contribution < -0.4 is 14.2 Å². The van der Waals surface area contributed by atoms with E-state index in [4.69, 9.17) is 14.2 Å². The van der Waals surface area contributed by atoms with E-state index in [0.29, 0.717) is 12.4 Å². The summed E-state index contributed by atoms with van der Waals surface area (Å²) in [4.78, 5) is 0. The molecule has 0 aromatic heterocycles.